The van der Waals surface area contributed by atoms with Gasteiger partial charge >= 0.3 is 0 Å². The highest BCUT2D eigenvalue weighted by atomic mass is 79.9. The van der Waals surface area contributed by atoms with Crippen molar-refractivity contribution in [2.24, 2.45) is 0 Å². The summed E-state index contributed by atoms with van der Waals surface area (Å²) < 4.78 is 11.7. The number of carbonyl (C=O) groups excluding carboxylic acids is 1. The van der Waals surface area contributed by atoms with Crippen molar-refractivity contribution in [2.45, 2.75) is 12.8 Å². The van der Waals surface area contributed by atoms with Gasteiger partial charge in [0.05, 0.1) is 18.2 Å². The van der Waals surface area contributed by atoms with Crippen LogP contribution in [0.5, 0.6) is 11.5 Å². The van der Waals surface area contributed by atoms with Crippen molar-refractivity contribution in [1.82, 2.24) is 0 Å². The zero-order valence-electron chi connectivity index (χ0n) is 15.7. The van der Waals surface area contributed by atoms with Crippen LogP contribution in [0.25, 0.3) is 0 Å². The summed E-state index contributed by atoms with van der Waals surface area (Å²) in [7, 11) is 1.59. The fraction of sp³-hybridized carbons (Fsp3) is 0.174. The number of hydrogen-bond donors (Lipinski definition) is 1. The van der Waals surface area contributed by atoms with Crippen LogP contribution in [0.15, 0.2) is 77.3 Å². The predicted octanol–water partition coefficient (Wildman–Crippen LogP) is 5.72. The van der Waals surface area contributed by atoms with Crippen LogP contribution in [0.2, 0.25) is 0 Å². The Bertz CT molecular complexity index is 911. The maximum atomic E-state index is 12.4. The third kappa shape index (κ3) is 5.60. The number of benzene rings is 3. The summed E-state index contributed by atoms with van der Waals surface area (Å²) in [5, 5.41) is 2.88. The van der Waals surface area contributed by atoms with E-state index in [2.05, 4.69) is 33.4 Å². The Morgan fingerprint density at radius 3 is 2.43 bits per heavy atom. The first-order valence-corrected chi connectivity index (χ1v) is 9.86. The van der Waals surface area contributed by atoms with Crippen molar-refractivity contribution in [3.8, 4) is 11.5 Å². The number of amides is 1. The molecule has 3 aromatic carbocycles. The van der Waals surface area contributed by atoms with E-state index in [0.717, 1.165) is 23.1 Å². The average molecular weight is 440 g/mol. The van der Waals surface area contributed by atoms with Gasteiger partial charge in [-0.3, -0.25) is 4.79 Å². The summed E-state index contributed by atoms with van der Waals surface area (Å²) in [5.74, 6) is 1.29. The van der Waals surface area contributed by atoms with E-state index in [1.807, 2.05) is 42.5 Å². The smallest absolute Gasteiger partial charge is 0.255 e. The molecule has 4 nitrogen and oxygen atoms in total. The number of anilines is 1. The maximum absolute atomic E-state index is 12.4. The highest BCUT2D eigenvalue weighted by molar-refractivity contribution is 9.10. The summed E-state index contributed by atoms with van der Waals surface area (Å²) in [4.78, 5) is 12.4. The lowest BCUT2D eigenvalue weighted by molar-refractivity contribution is 0.102. The minimum atomic E-state index is -0.181. The van der Waals surface area contributed by atoms with Crippen LogP contribution in [0.1, 0.15) is 22.3 Å². The molecule has 3 rings (SSSR count). The molecule has 5 heteroatoms. The van der Waals surface area contributed by atoms with E-state index >= 15 is 0 Å². The summed E-state index contributed by atoms with van der Waals surface area (Å²) in [6.45, 7) is 0.653. The number of carbonyl (C=O) groups is 1. The van der Waals surface area contributed by atoms with Gasteiger partial charge in [-0.1, -0.05) is 30.3 Å². The number of methoxy groups -OCH3 is 1. The molecule has 0 aromatic heterocycles. The molecule has 0 aliphatic rings. The minimum Gasteiger partial charge on any atom is -0.496 e. The molecule has 0 saturated carbocycles. The largest absolute Gasteiger partial charge is 0.496 e. The molecule has 1 N–H and O–H groups in total. The molecule has 144 valence electrons. The standard InChI is InChI=1S/C23H22BrNO3/c1-27-22-14-9-18(16-21(22)24)23(26)25-19-10-12-20(13-11-19)28-15-5-8-17-6-3-2-4-7-17/h2-4,6-7,9-14,16H,5,8,15H2,1H3,(H,25,26). The molecule has 0 radical (unpaired) electrons. The molecule has 0 atom stereocenters. The van der Waals surface area contributed by atoms with Crippen LogP contribution in [0.4, 0.5) is 5.69 Å². The third-order valence-corrected chi connectivity index (χ3v) is 4.87. The van der Waals surface area contributed by atoms with E-state index in [0.29, 0.717) is 23.6 Å². The third-order valence-electron chi connectivity index (χ3n) is 4.25. The summed E-state index contributed by atoms with van der Waals surface area (Å²) >= 11 is 3.39. The monoisotopic (exact) mass is 439 g/mol. The van der Waals surface area contributed by atoms with Crippen LogP contribution < -0.4 is 14.8 Å². The molecule has 3 aromatic rings. The SMILES string of the molecule is COc1ccc(C(=O)Nc2ccc(OCCCc3ccccc3)cc2)cc1Br. The molecule has 28 heavy (non-hydrogen) atoms. The number of rotatable bonds is 8. The minimum absolute atomic E-state index is 0.181. The van der Waals surface area contributed by atoms with Crippen LogP contribution in [-0.2, 0) is 6.42 Å². The van der Waals surface area contributed by atoms with Gasteiger partial charge in [-0.2, -0.15) is 0 Å². The van der Waals surface area contributed by atoms with Gasteiger partial charge in [0.25, 0.3) is 5.91 Å². The van der Waals surface area contributed by atoms with E-state index in [-0.39, 0.29) is 5.91 Å². The molecule has 0 spiro atoms. The topological polar surface area (TPSA) is 47.6 Å². The van der Waals surface area contributed by atoms with Crippen LogP contribution in [0.3, 0.4) is 0 Å². The van der Waals surface area contributed by atoms with E-state index in [4.69, 9.17) is 9.47 Å². The maximum Gasteiger partial charge on any atom is 0.255 e. The molecule has 0 heterocycles. The molecular formula is C23H22BrNO3. The highest BCUT2D eigenvalue weighted by Gasteiger charge is 2.09. The van der Waals surface area contributed by atoms with Crippen molar-refractivity contribution < 1.29 is 14.3 Å². The van der Waals surface area contributed by atoms with Gasteiger partial charge in [-0.15, -0.1) is 0 Å². The lowest BCUT2D eigenvalue weighted by atomic mass is 10.1. The molecule has 0 aliphatic carbocycles. The quantitative estimate of drug-likeness (QED) is 0.456. The highest BCUT2D eigenvalue weighted by Crippen LogP contribution is 2.26. The summed E-state index contributed by atoms with van der Waals surface area (Å²) in [6.07, 6.45) is 1.95. The van der Waals surface area contributed by atoms with Gasteiger partial charge in [0, 0.05) is 11.3 Å². The molecule has 0 unspecified atom stereocenters. The zero-order valence-corrected chi connectivity index (χ0v) is 17.2. The normalized spacial score (nSPS) is 10.4. The Morgan fingerprint density at radius 2 is 1.75 bits per heavy atom. The first-order valence-electron chi connectivity index (χ1n) is 9.07. The van der Waals surface area contributed by atoms with Gasteiger partial charge in [0.1, 0.15) is 11.5 Å². The van der Waals surface area contributed by atoms with Gasteiger partial charge in [0.15, 0.2) is 0 Å². The first kappa shape index (κ1) is 20.0. The van der Waals surface area contributed by atoms with E-state index in [1.54, 1.807) is 25.3 Å². The second kappa shape index (κ2) is 9.95. The van der Waals surface area contributed by atoms with Crippen LogP contribution >= 0.6 is 15.9 Å². The molecular weight excluding hydrogens is 418 g/mol. The summed E-state index contributed by atoms with van der Waals surface area (Å²) in [5.41, 5.74) is 2.58. The lowest BCUT2D eigenvalue weighted by Crippen LogP contribution is -2.11. The molecule has 0 saturated heterocycles. The Balaban J connectivity index is 1.48. The second-order valence-corrected chi connectivity index (χ2v) is 7.12. The molecule has 0 bridgehead atoms. The first-order chi connectivity index (χ1) is 13.7. The fourth-order valence-electron chi connectivity index (χ4n) is 2.76. The van der Waals surface area contributed by atoms with Gasteiger partial charge in [0.2, 0.25) is 0 Å². The molecule has 0 aliphatic heterocycles. The Kier molecular flexibility index (Phi) is 7.09. The molecule has 1 amide bonds. The molecule has 0 fully saturated rings. The number of aryl methyl sites for hydroxylation is 1. The van der Waals surface area contributed by atoms with Gasteiger partial charge in [-0.25, -0.2) is 0 Å². The summed E-state index contributed by atoms with van der Waals surface area (Å²) in [6, 6.07) is 23.0. The van der Waals surface area contributed by atoms with Crippen LogP contribution in [-0.4, -0.2) is 19.6 Å². The van der Waals surface area contributed by atoms with Crippen molar-refractivity contribution in [1.29, 1.82) is 0 Å². The van der Waals surface area contributed by atoms with E-state index in [9.17, 15) is 4.79 Å². The van der Waals surface area contributed by atoms with E-state index < -0.39 is 0 Å². The van der Waals surface area contributed by atoms with E-state index in [1.165, 1.54) is 5.56 Å². The second-order valence-electron chi connectivity index (χ2n) is 6.27. The predicted molar refractivity (Wildman–Crippen MR) is 115 cm³/mol. The number of ether oxygens (including phenoxy) is 2. The van der Waals surface area contributed by atoms with Crippen molar-refractivity contribution >= 4 is 27.5 Å². The Morgan fingerprint density at radius 1 is 1.00 bits per heavy atom. The lowest BCUT2D eigenvalue weighted by Gasteiger charge is -2.09. The Labute approximate surface area is 173 Å². The Hall–Kier alpha value is -2.79. The number of nitrogens with one attached hydrogen (secondary N) is 1. The van der Waals surface area contributed by atoms with Gasteiger partial charge in [-0.05, 0) is 76.8 Å². The van der Waals surface area contributed by atoms with Gasteiger partial charge < -0.3 is 14.8 Å². The number of hydrogen-bond acceptors (Lipinski definition) is 3. The van der Waals surface area contributed by atoms with Crippen LogP contribution in [0, 0.1) is 0 Å². The van der Waals surface area contributed by atoms with Crippen molar-refractivity contribution in [3.63, 3.8) is 0 Å². The van der Waals surface area contributed by atoms with Crippen molar-refractivity contribution in [3.05, 3.63) is 88.4 Å². The zero-order chi connectivity index (χ0) is 19.8. The fourth-order valence-corrected chi connectivity index (χ4v) is 3.30. The average Bonchev–Trinajstić information content (AvgIpc) is 2.73. The number of halogens is 1. The van der Waals surface area contributed by atoms with Crippen molar-refractivity contribution in [2.75, 3.05) is 19.0 Å².